The van der Waals surface area contributed by atoms with Crippen LogP contribution in [-0.4, -0.2) is 56.2 Å². The van der Waals surface area contributed by atoms with Crippen molar-refractivity contribution in [2.75, 3.05) is 19.1 Å². The number of anilines is 2. The minimum atomic E-state index is -0.655. The molecule has 59 heavy (non-hydrogen) atoms. The fourth-order valence-corrected chi connectivity index (χ4v) is 6.89. The molecule has 0 aliphatic rings. The largest absolute Gasteiger partial charge is 0.504 e. The fourth-order valence-electron chi connectivity index (χ4n) is 5.26. The highest BCUT2D eigenvalue weighted by Gasteiger charge is 2.25. The van der Waals surface area contributed by atoms with Gasteiger partial charge < -0.3 is 19.7 Å². The van der Waals surface area contributed by atoms with Gasteiger partial charge in [0.25, 0.3) is 11.8 Å². The van der Waals surface area contributed by atoms with Gasteiger partial charge in [0, 0.05) is 0 Å². The number of phenolic OH excluding ortho intramolecular Hbond substituents is 2. The van der Waals surface area contributed by atoms with Crippen LogP contribution in [0.2, 0.25) is 0 Å². The second-order valence-electron chi connectivity index (χ2n) is 12.2. The van der Waals surface area contributed by atoms with E-state index in [0.717, 1.165) is 22.0 Å². The Balaban J connectivity index is 0.000000224. The molecule has 0 aliphatic carbocycles. The predicted octanol–water partition coefficient (Wildman–Crippen LogP) is 7.39. The number of phenols is 2. The van der Waals surface area contributed by atoms with Crippen molar-refractivity contribution >= 4 is 57.5 Å². The average molecular weight is 827 g/mol. The molecule has 0 bridgehead atoms. The van der Waals surface area contributed by atoms with E-state index in [4.69, 9.17) is 9.47 Å². The Labute approximate surface area is 348 Å². The van der Waals surface area contributed by atoms with Gasteiger partial charge in [-0.05, 0) is 78.1 Å². The number of para-hydroxylation sites is 1. The minimum Gasteiger partial charge on any atom is -0.504 e. The van der Waals surface area contributed by atoms with Crippen molar-refractivity contribution in [2.45, 2.75) is 33.2 Å². The highest BCUT2D eigenvalue weighted by molar-refractivity contribution is 7.15. The molecule has 0 unspecified atom stereocenters. The molecule has 2 N–H and O–H groups in total. The SMILES string of the molecule is CCc1nn(Cc2ccccc2)c(=NC(=O)C(C#N)=Cc2ccc(O)c(OC)c2)s1.CCc1nnc(N(C(=O)C(C#N)=Cc2ccc(O)c(OC)c2)c2ccccc2)s1. The number of hydrogen-bond donors (Lipinski definition) is 2. The molecule has 2 heterocycles. The van der Waals surface area contributed by atoms with Crippen molar-refractivity contribution in [3.8, 4) is 35.1 Å². The quantitative estimate of drug-likeness (QED) is 0.0921. The lowest BCUT2D eigenvalue weighted by Crippen LogP contribution is -2.27. The fraction of sp³-hybridized carbons (Fsp3) is 0.163. The van der Waals surface area contributed by atoms with Crippen LogP contribution in [0.4, 0.5) is 10.8 Å². The molecule has 6 rings (SSSR count). The van der Waals surface area contributed by atoms with Gasteiger partial charge in [0.2, 0.25) is 9.93 Å². The van der Waals surface area contributed by atoms with Crippen LogP contribution < -0.4 is 19.2 Å². The highest BCUT2D eigenvalue weighted by Crippen LogP contribution is 2.32. The molecule has 0 saturated carbocycles. The maximum atomic E-state index is 13.3. The first kappa shape index (κ1) is 42.7. The van der Waals surface area contributed by atoms with E-state index in [9.17, 15) is 30.3 Å². The number of aromatic nitrogens is 4. The van der Waals surface area contributed by atoms with E-state index in [1.165, 1.54) is 72.1 Å². The summed E-state index contributed by atoms with van der Waals surface area (Å²) in [5, 5.41) is 53.4. The predicted molar refractivity (Wildman–Crippen MR) is 225 cm³/mol. The number of carbonyl (C=O) groups is 2. The molecule has 0 spiro atoms. The first-order valence-corrected chi connectivity index (χ1v) is 19.6. The second-order valence-corrected chi connectivity index (χ2v) is 14.3. The number of benzene rings is 4. The number of rotatable bonds is 12. The molecular weight excluding hydrogens is 789 g/mol. The number of aromatic hydroxyl groups is 2. The lowest BCUT2D eigenvalue weighted by Gasteiger charge is -2.19. The standard InChI is InChI=1S/C22H20N4O3S.C21H18N4O3S/c1-3-20-25-26(14-15-7-5-4-6-8-15)22(30-20)24-21(28)17(13-23)11-16-9-10-18(27)19(12-16)29-2;1-3-19-23-24-21(29-19)25(16-7-5-4-6-8-16)20(27)15(13-22)11-14-9-10-17(26)18(12-14)28-2/h4-12,27H,3,14H2,1-2H3;4-12,26H,3H2,1-2H3. The van der Waals surface area contributed by atoms with Crippen molar-refractivity contribution < 1.29 is 29.3 Å². The van der Waals surface area contributed by atoms with Crippen LogP contribution in [0, 0.1) is 22.7 Å². The molecule has 298 valence electrons. The summed E-state index contributed by atoms with van der Waals surface area (Å²) in [5.74, 6) is -0.729. The van der Waals surface area contributed by atoms with Crippen molar-refractivity contribution in [2.24, 2.45) is 4.99 Å². The zero-order valence-electron chi connectivity index (χ0n) is 32.4. The van der Waals surface area contributed by atoms with Crippen LogP contribution in [0.25, 0.3) is 12.2 Å². The summed E-state index contributed by atoms with van der Waals surface area (Å²) in [7, 11) is 2.85. The molecule has 14 nitrogen and oxygen atoms in total. The van der Waals surface area contributed by atoms with Gasteiger partial charge in [-0.2, -0.15) is 20.6 Å². The molecule has 0 fully saturated rings. The van der Waals surface area contributed by atoms with Crippen molar-refractivity contribution in [3.63, 3.8) is 0 Å². The Bertz CT molecular complexity index is 2640. The molecule has 0 saturated heterocycles. The Hall–Kier alpha value is -7.40. The Kier molecular flexibility index (Phi) is 15.0. The van der Waals surface area contributed by atoms with Crippen LogP contribution in [0.15, 0.2) is 113 Å². The first-order chi connectivity index (χ1) is 28.6. The molecule has 0 radical (unpaired) electrons. The molecule has 6 aromatic rings. The van der Waals surface area contributed by atoms with Crippen LogP contribution >= 0.6 is 22.7 Å². The van der Waals surface area contributed by atoms with Gasteiger partial charge in [-0.1, -0.05) is 97.2 Å². The average Bonchev–Trinajstić information content (AvgIpc) is 3.90. The summed E-state index contributed by atoms with van der Waals surface area (Å²) in [6, 6.07) is 31.8. The monoisotopic (exact) mass is 826 g/mol. The summed E-state index contributed by atoms with van der Waals surface area (Å²) >= 11 is 2.62. The van der Waals surface area contributed by atoms with Crippen molar-refractivity contribution in [3.05, 3.63) is 140 Å². The number of nitrogens with zero attached hydrogens (tertiary/aromatic N) is 8. The normalized spacial score (nSPS) is 11.5. The zero-order valence-corrected chi connectivity index (χ0v) is 34.1. The summed E-state index contributed by atoms with van der Waals surface area (Å²) in [4.78, 5) is 32.0. The van der Waals surface area contributed by atoms with Crippen LogP contribution in [-0.2, 0) is 29.0 Å². The lowest BCUT2D eigenvalue weighted by molar-refractivity contribution is -0.114. The van der Waals surface area contributed by atoms with Gasteiger partial charge in [0.1, 0.15) is 33.3 Å². The number of nitriles is 2. The number of amides is 2. The third-order valence-electron chi connectivity index (χ3n) is 8.24. The number of ether oxygens (including phenoxy) is 2. The van der Waals surface area contributed by atoms with Gasteiger partial charge >= 0.3 is 0 Å². The number of hydrogen-bond acceptors (Lipinski definition) is 13. The Morgan fingerprint density at radius 2 is 1.34 bits per heavy atom. The number of methoxy groups -OCH3 is 2. The number of carbonyl (C=O) groups excluding carboxylic acids is 2. The van der Waals surface area contributed by atoms with Crippen LogP contribution in [0.1, 0.15) is 40.6 Å². The zero-order chi connectivity index (χ0) is 42.3. The maximum Gasteiger partial charge on any atom is 0.290 e. The van der Waals surface area contributed by atoms with E-state index in [0.29, 0.717) is 39.7 Å². The van der Waals surface area contributed by atoms with E-state index in [1.807, 2.05) is 62.4 Å². The van der Waals surface area contributed by atoms with E-state index in [2.05, 4.69) is 20.3 Å². The Morgan fingerprint density at radius 3 is 1.86 bits per heavy atom. The van der Waals surface area contributed by atoms with E-state index in [1.54, 1.807) is 47.1 Å². The van der Waals surface area contributed by atoms with Crippen LogP contribution in [0.5, 0.6) is 23.0 Å². The first-order valence-electron chi connectivity index (χ1n) is 18.0. The third-order valence-corrected chi connectivity index (χ3v) is 10.4. The van der Waals surface area contributed by atoms with Crippen molar-refractivity contribution in [1.29, 1.82) is 10.5 Å². The van der Waals surface area contributed by atoms with Crippen LogP contribution in [0.3, 0.4) is 0 Å². The minimum absolute atomic E-state index is 0.0251. The van der Waals surface area contributed by atoms with E-state index in [-0.39, 0.29) is 34.1 Å². The summed E-state index contributed by atoms with van der Waals surface area (Å²) in [5.41, 5.74) is 2.49. The topological polar surface area (TPSA) is 200 Å². The molecule has 16 heteroatoms. The smallest absolute Gasteiger partial charge is 0.290 e. The molecule has 2 amide bonds. The summed E-state index contributed by atoms with van der Waals surface area (Å²) in [6.45, 7) is 4.41. The molecule has 0 aliphatic heterocycles. The van der Waals surface area contributed by atoms with Gasteiger partial charge in [-0.3, -0.25) is 9.59 Å². The van der Waals surface area contributed by atoms with Gasteiger partial charge in [-0.25, -0.2) is 9.58 Å². The number of aryl methyl sites for hydroxylation is 2. The maximum absolute atomic E-state index is 13.3. The third kappa shape index (κ3) is 11.1. The van der Waals surface area contributed by atoms with Gasteiger partial charge in [0.05, 0.1) is 26.5 Å². The van der Waals surface area contributed by atoms with E-state index < -0.39 is 11.8 Å². The van der Waals surface area contributed by atoms with Gasteiger partial charge in [0.15, 0.2) is 23.0 Å². The lowest BCUT2D eigenvalue weighted by atomic mass is 10.1. The molecule has 0 atom stereocenters. The van der Waals surface area contributed by atoms with E-state index >= 15 is 0 Å². The molecular formula is C43H38N8O6S2. The van der Waals surface area contributed by atoms with Gasteiger partial charge in [-0.15, -0.1) is 10.2 Å². The summed E-state index contributed by atoms with van der Waals surface area (Å²) < 4.78 is 11.8. The Morgan fingerprint density at radius 1 is 0.780 bits per heavy atom. The molecule has 2 aromatic heterocycles. The van der Waals surface area contributed by atoms with Crippen molar-refractivity contribution in [1.82, 2.24) is 20.0 Å². The summed E-state index contributed by atoms with van der Waals surface area (Å²) in [6.07, 6.45) is 4.28. The molecule has 4 aromatic carbocycles. The highest BCUT2D eigenvalue weighted by atomic mass is 32.1. The second kappa shape index (κ2) is 20.7.